The van der Waals surface area contributed by atoms with Crippen LogP contribution < -0.4 is 10.6 Å². The van der Waals surface area contributed by atoms with E-state index >= 15 is 0 Å². The van der Waals surface area contributed by atoms with Crippen molar-refractivity contribution >= 4 is 12.0 Å². The zero-order valence-corrected chi connectivity index (χ0v) is 25.9. The van der Waals surface area contributed by atoms with E-state index in [1.54, 1.807) is 31.2 Å². The Labute approximate surface area is 263 Å². The fraction of sp³-hybridized carbons (Fsp3) is 0.412. The summed E-state index contributed by atoms with van der Waals surface area (Å²) in [6.45, 7) is 4.89. The molecule has 0 aromatic heterocycles. The van der Waals surface area contributed by atoms with Gasteiger partial charge in [0.2, 0.25) is 0 Å². The second kappa shape index (κ2) is 16.4. The van der Waals surface area contributed by atoms with Crippen LogP contribution in [0.3, 0.4) is 0 Å². The molecule has 242 valence electrons. The third kappa shape index (κ3) is 9.74. The highest BCUT2D eigenvalue weighted by atomic mass is 16.7. The molecule has 1 saturated heterocycles. The first kappa shape index (κ1) is 33.9. The van der Waals surface area contributed by atoms with Crippen LogP contribution in [0.4, 0.5) is 4.79 Å². The highest BCUT2D eigenvalue weighted by molar-refractivity contribution is 5.80. The number of hydrogen-bond donors (Lipinski definition) is 5. The number of aromatic hydroxyl groups is 1. The summed E-state index contributed by atoms with van der Waals surface area (Å²) in [4.78, 5) is 25.5. The predicted molar refractivity (Wildman–Crippen MR) is 167 cm³/mol. The maximum Gasteiger partial charge on any atom is 0.325 e. The van der Waals surface area contributed by atoms with Gasteiger partial charge in [0.15, 0.2) is 6.29 Å². The molecule has 4 rings (SSSR count). The van der Waals surface area contributed by atoms with Gasteiger partial charge in [0.05, 0.1) is 31.5 Å². The van der Waals surface area contributed by atoms with Gasteiger partial charge in [0, 0.05) is 31.1 Å². The van der Waals surface area contributed by atoms with E-state index in [-0.39, 0.29) is 50.2 Å². The summed E-state index contributed by atoms with van der Waals surface area (Å²) < 4.78 is 17.9. The number of carbonyl (C=O) groups is 2. The Morgan fingerprint density at radius 2 is 1.67 bits per heavy atom. The van der Waals surface area contributed by atoms with Gasteiger partial charge < -0.3 is 45.1 Å². The minimum atomic E-state index is -0.789. The van der Waals surface area contributed by atoms with Crippen LogP contribution in [-0.2, 0) is 32.2 Å². The molecule has 5 atom stereocenters. The number of amides is 2. The van der Waals surface area contributed by atoms with Gasteiger partial charge in [-0.2, -0.15) is 0 Å². The van der Waals surface area contributed by atoms with E-state index in [0.717, 1.165) is 22.3 Å². The Hall–Kier alpha value is -4.00. The van der Waals surface area contributed by atoms with E-state index < -0.39 is 24.4 Å². The van der Waals surface area contributed by atoms with Crippen molar-refractivity contribution in [3.05, 3.63) is 101 Å². The van der Waals surface area contributed by atoms with Gasteiger partial charge >= 0.3 is 12.0 Å². The van der Waals surface area contributed by atoms with E-state index in [4.69, 9.17) is 14.2 Å². The lowest BCUT2D eigenvalue weighted by Gasteiger charge is -2.42. The molecule has 1 aliphatic rings. The van der Waals surface area contributed by atoms with E-state index in [2.05, 4.69) is 17.6 Å². The number of aliphatic hydroxyl groups is 2. The molecule has 3 aromatic carbocycles. The molecule has 11 heteroatoms. The van der Waals surface area contributed by atoms with Crippen molar-refractivity contribution in [3.63, 3.8) is 0 Å². The second-order valence-corrected chi connectivity index (χ2v) is 11.2. The number of phenolic OH excluding ortho intramolecular Hbond substituents is 1. The average molecular weight is 622 g/mol. The molecular weight excluding hydrogens is 578 g/mol. The van der Waals surface area contributed by atoms with Crippen LogP contribution >= 0.6 is 0 Å². The van der Waals surface area contributed by atoms with Crippen LogP contribution in [-0.4, -0.2) is 71.6 Å². The number of benzene rings is 3. The standard InChI is InChI=1S/C34H43N3O8/c1-4-43-31(41)18-36-34(42)35-17-23-8-14-26(15-9-23)33-44-30(20-37(3)19-29(40)27-6-5-7-28(39)16-27)22(2)32(45-33)25-12-10-24(21-38)11-13-25/h5-16,22,29-30,32-33,38-40H,4,17-21H2,1-3H3,(H2,35,36,42)/t22-,29+,30+,32+,33+/m0/s1. The molecule has 11 nitrogen and oxygen atoms in total. The summed E-state index contributed by atoms with van der Waals surface area (Å²) >= 11 is 0. The summed E-state index contributed by atoms with van der Waals surface area (Å²) in [5, 5.41) is 35.3. The van der Waals surface area contributed by atoms with Gasteiger partial charge in [-0.25, -0.2) is 4.79 Å². The zero-order chi connectivity index (χ0) is 32.3. The van der Waals surface area contributed by atoms with Crippen molar-refractivity contribution in [2.45, 2.75) is 51.6 Å². The molecule has 5 N–H and O–H groups in total. The first-order valence-corrected chi connectivity index (χ1v) is 15.1. The topological polar surface area (TPSA) is 150 Å². The van der Waals surface area contributed by atoms with Crippen LogP contribution in [0, 0.1) is 5.92 Å². The number of hydrogen-bond acceptors (Lipinski definition) is 9. The highest BCUT2D eigenvalue weighted by Gasteiger charge is 2.39. The molecule has 0 bridgehead atoms. The van der Waals surface area contributed by atoms with E-state index in [1.165, 1.54) is 0 Å². The van der Waals surface area contributed by atoms with Gasteiger partial charge in [-0.15, -0.1) is 0 Å². The van der Waals surface area contributed by atoms with Gasteiger partial charge in [-0.1, -0.05) is 67.6 Å². The summed E-state index contributed by atoms with van der Waals surface area (Å²) in [6.07, 6.45) is -2.01. The number of phenols is 1. The quantitative estimate of drug-likeness (QED) is 0.180. The number of urea groups is 1. The Kier molecular flexibility index (Phi) is 12.3. The Morgan fingerprint density at radius 1 is 0.978 bits per heavy atom. The molecule has 0 radical (unpaired) electrons. The maximum atomic E-state index is 12.1. The fourth-order valence-corrected chi connectivity index (χ4v) is 5.24. The van der Waals surface area contributed by atoms with Gasteiger partial charge in [0.1, 0.15) is 12.3 Å². The van der Waals surface area contributed by atoms with E-state index in [0.29, 0.717) is 18.7 Å². The van der Waals surface area contributed by atoms with Crippen LogP contribution in [0.5, 0.6) is 5.75 Å². The molecule has 1 heterocycles. The number of esters is 1. The van der Waals surface area contributed by atoms with E-state index in [9.17, 15) is 24.9 Å². The lowest BCUT2D eigenvalue weighted by molar-refractivity contribution is -0.276. The average Bonchev–Trinajstić information content (AvgIpc) is 3.04. The Morgan fingerprint density at radius 3 is 2.33 bits per heavy atom. The minimum Gasteiger partial charge on any atom is -0.508 e. The lowest BCUT2D eigenvalue weighted by Crippen LogP contribution is -2.44. The number of aliphatic hydroxyl groups excluding tert-OH is 2. The molecule has 0 aliphatic carbocycles. The Balaban J connectivity index is 1.44. The fourth-order valence-electron chi connectivity index (χ4n) is 5.24. The molecule has 2 amide bonds. The normalized spacial score (nSPS) is 20.4. The zero-order valence-electron chi connectivity index (χ0n) is 25.9. The monoisotopic (exact) mass is 621 g/mol. The number of nitrogens with one attached hydrogen (secondary N) is 2. The van der Waals surface area contributed by atoms with Crippen molar-refractivity contribution < 1.29 is 39.1 Å². The third-order valence-electron chi connectivity index (χ3n) is 7.76. The number of carbonyl (C=O) groups excluding carboxylic acids is 2. The largest absolute Gasteiger partial charge is 0.508 e. The molecule has 45 heavy (non-hydrogen) atoms. The minimum absolute atomic E-state index is 0.0433. The SMILES string of the molecule is CCOC(=O)CNC(=O)NCc1ccc([C@@H]2O[C@H](CN(C)C[C@@H](O)c3cccc(O)c3)[C@H](C)[C@H](c3ccc(CO)cc3)O2)cc1. The molecular formula is C34H43N3O8. The molecule has 0 saturated carbocycles. The third-order valence-corrected chi connectivity index (χ3v) is 7.76. The number of rotatable bonds is 13. The molecule has 3 aromatic rings. The van der Waals surface area contributed by atoms with Gasteiger partial charge in [-0.05, 0) is 48.4 Å². The van der Waals surface area contributed by atoms with Crippen molar-refractivity contribution in [2.75, 3.05) is 33.3 Å². The Bertz CT molecular complexity index is 1380. The first-order valence-electron chi connectivity index (χ1n) is 15.1. The highest BCUT2D eigenvalue weighted by Crippen LogP contribution is 2.42. The number of likely N-dealkylation sites (N-methyl/N-ethyl adjacent to an activating group) is 1. The van der Waals surface area contributed by atoms with Gasteiger partial charge in [-0.3, -0.25) is 4.79 Å². The van der Waals surface area contributed by atoms with Crippen molar-refractivity contribution in [1.82, 2.24) is 15.5 Å². The van der Waals surface area contributed by atoms with Crippen molar-refractivity contribution in [1.29, 1.82) is 0 Å². The first-order chi connectivity index (χ1) is 21.7. The van der Waals surface area contributed by atoms with Crippen LogP contribution in [0.1, 0.15) is 60.2 Å². The van der Waals surface area contributed by atoms with Crippen molar-refractivity contribution in [2.24, 2.45) is 5.92 Å². The smallest absolute Gasteiger partial charge is 0.325 e. The molecule has 1 aliphatic heterocycles. The van der Waals surface area contributed by atoms with Gasteiger partial charge in [0.25, 0.3) is 0 Å². The molecule has 0 unspecified atom stereocenters. The van der Waals surface area contributed by atoms with Crippen LogP contribution in [0.2, 0.25) is 0 Å². The number of ether oxygens (including phenoxy) is 3. The maximum absolute atomic E-state index is 12.1. The number of nitrogens with zero attached hydrogens (tertiary/aromatic N) is 1. The van der Waals surface area contributed by atoms with E-state index in [1.807, 2.05) is 60.5 Å². The molecule has 0 spiro atoms. The van der Waals surface area contributed by atoms with Crippen molar-refractivity contribution in [3.8, 4) is 5.75 Å². The predicted octanol–water partition coefficient (Wildman–Crippen LogP) is 3.70. The summed E-state index contributed by atoms with van der Waals surface area (Å²) in [6, 6.07) is 21.4. The molecule has 1 fully saturated rings. The summed E-state index contributed by atoms with van der Waals surface area (Å²) in [5.74, 6) is -0.440. The lowest BCUT2D eigenvalue weighted by atomic mass is 9.90. The van der Waals surface area contributed by atoms with Crippen LogP contribution in [0.25, 0.3) is 0 Å². The van der Waals surface area contributed by atoms with Crippen LogP contribution in [0.15, 0.2) is 72.8 Å². The summed E-state index contributed by atoms with van der Waals surface area (Å²) in [7, 11) is 1.92. The summed E-state index contributed by atoms with van der Waals surface area (Å²) in [5.41, 5.74) is 4.07. The second-order valence-electron chi connectivity index (χ2n) is 11.2.